The average Bonchev–Trinajstić information content (AvgIpc) is 2.32. The summed E-state index contributed by atoms with van der Waals surface area (Å²) in [5, 5.41) is 2.81. The fraction of sp³-hybridized carbons (Fsp3) is 0.533. The zero-order valence-electron chi connectivity index (χ0n) is 11.8. The van der Waals surface area contributed by atoms with Crippen LogP contribution in [0.15, 0.2) is 18.2 Å². The lowest BCUT2D eigenvalue weighted by Crippen LogP contribution is -2.26. The minimum Gasteiger partial charge on any atom is -0.381 e. The maximum Gasteiger partial charge on any atom is 0.251 e. The Morgan fingerprint density at radius 3 is 2.79 bits per heavy atom. The van der Waals surface area contributed by atoms with Crippen LogP contribution in [0.1, 0.15) is 36.2 Å². The fourth-order valence-corrected chi connectivity index (χ4v) is 1.67. The Bertz CT molecular complexity index is 419. The summed E-state index contributed by atoms with van der Waals surface area (Å²) in [5.41, 5.74) is 1.16. The second-order valence-electron chi connectivity index (χ2n) is 5.04. The van der Waals surface area contributed by atoms with Crippen molar-refractivity contribution < 1.29 is 13.9 Å². The SMILES string of the molecule is Cc1cc(F)ccc1C(=O)NCCCOCC(C)C. The van der Waals surface area contributed by atoms with E-state index in [0.717, 1.165) is 13.0 Å². The van der Waals surface area contributed by atoms with Crippen molar-refractivity contribution in [2.45, 2.75) is 27.2 Å². The highest BCUT2D eigenvalue weighted by atomic mass is 19.1. The Morgan fingerprint density at radius 2 is 2.16 bits per heavy atom. The summed E-state index contributed by atoms with van der Waals surface area (Å²) in [6.07, 6.45) is 0.776. The normalized spacial score (nSPS) is 10.8. The topological polar surface area (TPSA) is 38.3 Å². The maximum absolute atomic E-state index is 12.9. The van der Waals surface area contributed by atoms with E-state index in [-0.39, 0.29) is 11.7 Å². The molecule has 1 rings (SSSR count). The van der Waals surface area contributed by atoms with E-state index >= 15 is 0 Å². The molecule has 0 aliphatic heterocycles. The predicted octanol–water partition coefficient (Wildman–Crippen LogP) is 2.93. The van der Waals surface area contributed by atoms with Crippen molar-refractivity contribution in [1.29, 1.82) is 0 Å². The Labute approximate surface area is 114 Å². The van der Waals surface area contributed by atoms with Crippen LogP contribution in [-0.4, -0.2) is 25.7 Å². The number of hydrogen-bond acceptors (Lipinski definition) is 2. The van der Waals surface area contributed by atoms with Crippen LogP contribution < -0.4 is 5.32 Å². The molecule has 3 nitrogen and oxygen atoms in total. The number of ether oxygens (including phenoxy) is 1. The summed E-state index contributed by atoms with van der Waals surface area (Å²) >= 11 is 0. The summed E-state index contributed by atoms with van der Waals surface area (Å²) < 4.78 is 18.3. The fourth-order valence-electron chi connectivity index (χ4n) is 1.67. The molecule has 0 saturated carbocycles. The summed E-state index contributed by atoms with van der Waals surface area (Å²) in [6, 6.07) is 4.17. The van der Waals surface area contributed by atoms with Gasteiger partial charge in [-0.3, -0.25) is 4.79 Å². The van der Waals surface area contributed by atoms with E-state index in [4.69, 9.17) is 4.74 Å². The van der Waals surface area contributed by atoms with Crippen LogP contribution in [0.2, 0.25) is 0 Å². The Kier molecular flexibility index (Phi) is 6.50. The van der Waals surface area contributed by atoms with Crippen molar-refractivity contribution in [3.8, 4) is 0 Å². The molecule has 0 aliphatic carbocycles. The van der Waals surface area contributed by atoms with E-state index in [1.807, 2.05) is 0 Å². The third-order valence-electron chi connectivity index (χ3n) is 2.64. The molecule has 0 aliphatic rings. The van der Waals surface area contributed by atoms with Crippen LogP contribution in [0.25, 0.3) is 0 Å². The second kappa shape index (κ2) is 7.89. The molecule has 0 unspecified atom stereocenters. The van der Waals surface area contributed by atoms with Gasteiger partial charge in [0.15, 0.2) is 0 Å². The van der Waals surface area contributed by atoms with Crippen molar-refractivity contribution in [1.82, 2.24) is 5.32 Å². The smallest absolute Gasteiger partial charge is 0.251 e. The number of amides is 1. The highest BCUT2D eigenvalue weighted by Crippen LogP contribution is 2.09. The summed E-state index contributed by atoms with van der Waals surface area (Å²) in [4.78, 5) is 11.8. The van der Waals surface area contributed by atoms with E-state index in [2.05, 4.69) is 19.2 Å². The number of aryl methyl sites for hydroxylation is 1. The Balaban J connectivity index is 2.28. The van der Waals surface area contributed by atoms with Crippen LogP contribution in [0, 0.1) is 18.7 Å². The molecule has 19 heavy (non-hydrogen) atoms. The molecule has 1 aromatic carbocycles. The molecule has 4 heteroatoms. The van der Waals surface area contributed by atoms with Gasteiger partial charge in [-0.25, -0.2) is 4.39 Å². The average molecular weight is 267 g/mol. The number of hydrogen-bond donors (Lipinski definition) is 1. The lowest BCUT2D eigenvalue weighted by Gasteiger charge is -2.09. The van der Waals surface area contributed by atoms with Crippen LogP contribution in [0.3, 0.4) is 0 Å². The highest BCUT2D eigenvalue weighted by molar-refractivity contribution is 5.95. The molecule has 1 N–H and O–H groups in total. The molecule has 106 valence electrons. The summed E-state index contributed by atoms with van der Waals surface area (Å²) in [7, 11) is 0. The van der Waals surface area contributed by atoms with Gasteiger partial charge in [0.05, 0.1) is 0 Å². The van der Waals surface area contributed by atoms with Gasteiger partial charge in [0, 0.05) is 25.3 Å². The lowest BCUT2D eigenvalue weighted by molar-refractivity contribution is 0.0924. The van der Waals surface area contributed by atoms with Crippen molar-refractivity contribution in [2.75, 3.05) is 19.8 Å². The number of carbonyl (C=O) groups excluding carboxylic acids is 1. The first kappa shape index (κ1) is 15.6. The van der Waals surface area contributed by atoms with E-state index in [1.54, 1.807) is 6.92 Å². The number of nitrogens with one attached hydrogen (secondary N) is 1. The molecule has 1 amide bonds. The summed E-state index contributed by atoms with van der Waals surface area (Å²) in [6.45, 7) is 7.86. The van der Waals surface area contributed by atoms with E-state index in [0.29, 0.717) is 30.2 Å². The van der Waals surface area contributed by atoms with Crippen LogP contribution in [0.4, 0.5) is 4.39 Å². The Hall–Kier alpha value is -1.42. The van der Waals surface area contributed by atoms with Gasteiger partial charge in [0.25, 0.3) is 5.91 Å². The first-order chi connectivity index (χ1) is 9.00. The van der Waals surface area contributed by atoms with Crippen molar-refractivity contribution >= 4 is 5.91 Å². The third-order valence-corrected chi connectivity index (χ3v) is 2.64. The number of carbonyl (C=O) groups is 1. The van der Waals surface area contributed by atoms with Gasteiger partial charge in [0.2, 0.25) is 0 Å². The summed E-state index contributed by atoms with van der Waals surface area (Å²) in [5.74, 6) is 0.0361. The monoisotopic (exact) mass is 267 g/mol. The van der Waals surface area contributed by atoms with E-state index in [1.165, 1.54) is 18.2 Å². The van der Waals surface area contributed by atoms with Crippen molar-refractivity contribution in [3.05, 3.63) is 35.1 Å². The zero-order valence-corrected chi connectivity index (χ0v) is 11.8. The first-order valence-corrected chi connectivity index (χ1v) is 6.62. The number of benzene rings is 1. The molecule has 0 saturated heterocycles. The quantitative estimate of drug-likeness (QED) is 0.771. The number of rotatable bonds is 7. The van der Waals surface area contributed by atoms with Crippen molar-refractivity contribution in [2.24, 2.45) is 5.92 Å². The van der Waals surface area contributed by atoms with Gasteiger partial charge in [0.1, 0.15) is 5.82 Å². The highest BCUT2D eigenvalue weighted by Gasteiger charge is 2.08. The molecule has 1 aromatic rings. The molecule has 0 radical (unpaired) electrons. The van der Waals surface area contributed by atoms with Crippen LogP contribution >= 0.6 is 0 Å². The molecule has 0 heterocycles. The molecule has 0 fully saturated rings. The van der Waals surface area contributed by atoms with E-state index in [9.17, 15) is 9.18 Å². The van der Waals surface area contributed by atoms with Gasteiger partial charge in [-0.2, -0.15) is 0 Å². The number of halogens is 1. The van der Waals surface area contributed by atoms with Crippen LogP contribution in [0.5, 0.6) is 0 Å². The van der Waals surface area contributed by atoms with Gasteiger partial charge < -0.3 is 10.1 Å². The largest absolute Gasteiger partial charge is 0.381 e. The minimum atomic E-state index is -0.323. The van der Waals surface area contributed by atoms with Gasteiger partial charge in [-0.1, -0.05) is 13.8 Å². The third kappa shape index (κ3) is 5.83. The zero-order chi connectivity index (χ0) is 14.3. The molecule has 0 atom stereocenters. The molecule has 0 spiro atoms. The molecular formula is C15H22FNO2. The first-order valence-electron chi connectivity index (χ1n) is 6.62. The van der Waals surface area contributed by atoms with E-state index < -0.39 is 0 Å². The van der Waals surface area contributed by atoms with Crippen LogP contribution in [-0.2, 0) is 4.74 Å². The van der Waals surface area contributed by atoms with Crippen molar-refractivity contribution in [3.63, 3.8) is 0 Å². The lowest BCUT2D eigenvalue weighted by atomic mass is 10.1. The molecular weight excluding hydrogens is 245 g/mol. The van der Waals surface area contributed by atoms with Gasteiger partial charge in [-0.15, -0.1) is 0 Å². The Morgan fingerprint density at radius 1 is 1.42 bits per heavy atom. The minimum absolute atomic E-state index is 0.165. The molecule has 0 bridgehead atoms. The molecule has 0 aromatic heterocycles. The van der Waals surface area contributed by atoms with Gasteiger partial charge >= 0.3 is 0 Å². The second-order valence-corrected chi connectivity index (χ2v) is 5.04. The van der Waals surface area contributed by atoms with Gasteiger partial charge in [-0.05, 0) is 43.0 Å². The predicted molar refractivity (Wildman–Crippen MR) is 73.7 cm³/mol. The standard InChI is InChI=1S/C15H22FNO2/c1-11(2)10-19-8-4-7-17-15(18)14-6-5-13(16)9-12(14)3/h5-6,9,11H,4,7-8,10H2,1-3H3,(H,17,18). The maximum atomic E-state index is 12.9.